The van der Waals surface area contributed by atoms with E-state index in [2.05, 4.69) is 0 Å². The van der Waals surface area contributed by atoms with Crippen LogP contribution in [-0.4, -0.2) is 209 Å². The lowest BCUT2D eigenvalue weighted by Crippen LogP contribution is -2.67. The van der Waals surface area contributed by atoms with Crippen molar-refractivity contribution in [1.29, 1.82) is 0 Å². The molecule has 20 atom stereocenters. The molecule has 20 nitrogen and oxygen atoms in total. The molecule has 45 heavy (non-hydrogen) atoms. The molecular formula is C25H45NO19. The maximum absolute atomic E-state index is 10.9. The van der Waals surface area contributed by atoms with Crippen molar-refractivity contribution in [1.82, 2.24) is 0 Å². The maximum atomic E-state index is 10.9. The van der Waals surface area contributed by atoms with Crippen molar-refractivity contribution in [3.63, 3.8) is 0 Å². The Morgan fingerprint density at radius 1 is 0.444 bits per heavy atom. The number of rotatable bonds is 10. The Morgan fingerprint density at radius 3 is 1.24 bits per heavy atom. The molecule has 264 valence electrons. The summed E-state index contributed by atoms with van der Waals surface area (Å²) < 4.78 is 33.1. The molecule has 1 aliphatic carbocycles. The van der Waals surface area contributed by atoms with E-state index in [0.717, 1.165) is 0 Å². The van der Waals surface area contributed by atoms with Gasteiger partial charge in [-0.25, -0.2) is 0 Å². The maximum Gasteiger partial charge on any atom is 0.187 e. The summed E-state index contributed by atoms with van der Waals surface area (Å²) >= 11 is 0. The van der Waals surface area contributed by atoms with Crippen LogP contribution in [0.4, 0.5) is 0 Å². The van der Waals surface area contributed by atoms with Crippen LogP contribution in [0.15, 0.2) is 0 Å². The molecule has 3 aliphatic heterocycles. The van der Waals surface area contributed by atoms with E-state index in [4.69, 9.17) is 34.2 Å². The molecule has 15 N–H and O–H groups in total. The molecule has 0 aromatic heterocycles. The highest BCUT2D eigenvalue weighted by molar-refractivity contribution is 4.99. The van der Waals surface area contributed by atoms with Crippen LogP contribution in [0.2, 0.25) is 0 Å². The van der Waals surface area contributed by atoms with Crippen molar-refractivity contribution in [2.75, 3.05) is 26.4 Å². The molecule has 4 rings (SSSR count). The second kappa shape index (κ2) is 15.6. The van der Waals surface area contributed by atoms with Crippen LogP contribution in [0, 0.1) is 5.92 Å². The Hall–Kier alpha value is -0.800. The topological polar surface area (TPSA) is 344 Å². The quantitative estimate of drug-likeness (QED) is 0.103. The van der Waals surface area contributed by atoms with Crippen molar-refractivity contribution in [2.45, 2.75) is 123 Å². The molecule has 4 fully saturated rings. The summed E-state index contributed by atoms with van der Waals surface area (Å²) in [5.74, 6) is -0.784. The highest BCUT2D eigenvalue weighted by atomic mass is 16.8. The van der Waals surface area contributed by atoms with Gasteiger partial charge in [-0.2, -0.15) is 0 Å². The largest absolute Gasteiger partial charge is 0.396 e. The van der Waals surface area contributed by atoms with Gasteiger partial charge in [0, 0.05) is 18.6 Å². The molecule has 3 heterocycles. The Bertz CT molecular complexity index is 916. The van der Waals surface area contributed by atoms with Crippen LogP contribution in [-0.2, 0) is 28.4 Å². The third-order valence-corrected chi connectivity index (χ3v) is 8.76. The van der Waals surface area contributed by atoms with E-state index in [9.17, 15) is 66.4 Å². The van der Waals surface area contributed by atoms with Gasteiger partial charge in [-0.1, -0.05) is 0 Å². The molecule has 20 heteroatoms. The van der Waals surface area contributed by atoms with Gasteiger partial charge in [0.05, 0.1) is 32.0 Å². The van der Waals surface area contributed by atoms with Gasteiger partial charge < -0.3 is 101 Å². The molecule has 0 spiro atoms. The summed E-state index contributed by atoms with van der Waals surface area (Å²) in [4.78, 5) is 0. The number of ether oxygens (including phenoxy) is 6. The normalized spacial score (nSPS) is 52.9. The van der Waals surface area contributed by atoms with Crippen molar-refractivity contribution in [2.24, 2.45) is 11.7 Å². The van der Waals surface area contributed by atoms with Gasteiger partial charge >= 0.3 is 0 Å². The molecule has 0 bridgehead atoms. The fourth-order valence-corrected chi connectivity index (χ4v) is 6.03. The second-order valence-electron chi connectivity index (χ2n) is 11.7. The van der Waals surface area contributed by atoms with Crippen LogP contribution < -0.4 is 5.73 Å². The third kappa shape index (κ3) is 7.45. The van der Waals surface area contributed by atoms with Crippen LogP contribution in [0.1, 0.15) is 6.42 Å². The smallest absolute Gasteiger partial charge is 0.187 e. The molecule has 0 aromatic carbocycles. The predicted molar refractivity (Wildman–Crippen MR) is 139 cm³/mol. The predicted octanol–water partition coefficient (Wildman–Crippen LogP) is -9.12. The highest BCUT2D eigenvalue weighted by Gasteiger charge is 2.54. The van der Waals surface area contributed by atoms with Crippen molar-refractivity contribution < 1.29 is 94.8 Å². The van der Waals surface area contributed by atoms with Crippen LogP contribution >= 0.6 is 0 Å². The van der Waals surface area contributed by atoms with E-state index in [1.54, 1.807) is 0 Å². The number of aliphatic hydroxyl groups is 13. The minimum atomic E-state index is -1.99. The second-order valence-corrected chi connectivity index (χ2v) is 11.7. The first-order valence-corrected chi connectivity index (χ1v) is 14.5. The minimum Gasteiger partial charge on any atom is -0.396 e. The summed E-state index contributed by atoms with van der Waals surface area (Å²) in [5, 5.41) is 133. The Labute approximate surface area is 256 Å². The Morgan fingerprint density at radius 2 is 0.822 bits per heavy atom. The van der Waals surface area contributed by atoms with Gasteiger partial charge in [-0.15, -0.1) is 0 Å². The van der Waals surface area contributed by atoms with Crippen LogP contribution in [0.5, 0.6) is 0 Å². The van der Waals surface area contributed by atoms with E-state index in [-0.39, 0.29) is 6.42 Å². The lowest BCUT2D eigenvalue weighted by Gasteiger charge is -2.49. The number of hydrogen-bond acceptors (Lipinski definition) is 20. The minimum absolute atomic E-state index is 0.0479. The van der Waals surface area contributed by atoms with Gasteiger partial charge in [0.1, 0.15) is 79.4 Å². The fraction of sp³-hybridized carbons (Fsp3) is 1.00. The van der Waals surface area contributed by atoms with Gasteiger partial charge in [0.15, 0.2) is 18.9 Å². The van der Waals surface area contributed by atoms with Gasteiger partial charge in [-0.05, 0) is 6.42 Å². The van der Waals surface area contributed by atoms with Gasteiger partial charge in [-0.3, -0.25) is 0 Å². The average molecular weight is 664 g/mol. The summed E-state index contributed by atoms with van der Waals surface area (Å²) in [5.41, 5.74) is 5.79. The summed E-state index contributed by atoms with van der Waals surface area (Å²) in [6.07, 6.45) is -30.4. The molecule has 0 radical (unpaired) electrons. The summed E-state index contributed by atoms with van der Waals surface area (Å²) in [6.45, 7) is -3.00. The van der Waals surface area contributed by atoms with Crippen LogP contribution in [0.25, 0.3) is 0 Å². The summed E-state index contributed by atoms with van der Waals surface area (Å²) in [6, 6.07) is -0.870. The number of aliphatic hydroxyl groups excluding tert-OH is 13. The number of nitrogens with two attached hydrogens (primary N) is 1. The first kappa shape index (κ1) is 37.0. The third-order valence-electron chi connectivity index (χ3n) is 8.76. The van der Waals surface area contributed by atoms with Gasteiger partial charge in [0.2, 0.25) is 0 Å². The lowest BCUT2D eigenvalue weighted by molar-refractivity contribution is -0.383. The Kier molecular flexibility index (Phi) is 12.8. The monoisotopic (exact) mass is 663 g/mol. The summed E-state index contributed by atoms with van der Waals surface area (Å²) in [7, 11) is 0. The van der Waals surface area contributed by atoms with E-state index >= 15 is 0 Å². The van der Waals surface area contributed by atoms with E-state index in [0.29, 0.717) is 0 Å². The van der Waals surface area contributed by atoms with Crippen molar-refractivity contribution in [3.05, 3.63) is 0 Å². The molecule has 0 aromatic rings. The molecule has 1 saturated carbocycles. The number of hydrogen-bond donors (Lipinski definition) is 14. The van der Waals surface area contributed by atoms with E-state index in [1.807, 2.05) is 0 Å². The van der Waals surface area contributed by atoms with Crippen molar-refractivity contribution in [3.8, 4) is 0 Å². The zero-order valence-electron chi connectivity index (χ0n) is 23.9. The van der Waals surface area contributed by atoms with Gasteiger partial charge in [0.25, 0.3) is 0 Å². The standard InChI is InChI=1S/C25H45NO19/c26-7-1-6(2-27)20(14(34)11(7)31)43-24-18(38)15(35)22(9(4-29)41-24)45-25-19(39)16(36)21(10(5-30)42-25)44-23-17(37)13(33)12(32)8(3-28)40-23/h6-25,27-39H,1-5,26H2/t6-,7+,8-,9-,10-,11+,12-,13+,14-,15-,16-,17-,18-,19-,20-,21-,22-,23-,24-,25-/m1/s1. The lowest BCUT2D eigenvalue weighted by atomic mass is 9.80. The molecule has 4 aliphatic rings. The molecular weight excluding hydrogens is 618 g/mol. The zero-order chi connectivity index (χ0) is 33.3. The average Bonchev–Trinajstić information content (AvgIpc) is 3.03. The first-order valence-electron chi connectivity index (χ1n) is 14.5. The highest BCUT2D eigenvalue weighted by Crippen LogP contribution is 2.35. The molecule has 0 unspecified atom stereocenters. The Balaban J connectivity index is 1.43. The molecule has 0 amide bonds. The van der Waals surface area contributed by atoms with E-state index in [1.165, 1.54) is 0 Å². The van der Waals surface area contributed by atoms with E-state index < -0.39 is 149 Å². The van der Waals surface area contributed by atoms with Crippen molar-refractivity contribution >= 4 is 0 Å². The SMILES string of the molecule is N[C@H]1C[C@H](CO)[C@@H](O[C@H]2O[C@H](CO)[C@@H](O[C@H]3O[C@H](CO)[C@@H](O[C@H]4O[C@H](CO)[C@@H](O)[C@H](O)[C@H]4O)[C@H](O)[C@H]3O)[C@H](O)[C@H]2O)[C@H](O)[C@H]1O. The van der Waals surface area contributed by atoms with Crippen LogP contribution in [0.3, 0.4) is 0 Å². The molecule has 3 saturated heterocycles. The zero-order valence-corrected chi connectivity index (χ0v) is 23.9. The first-order chi connectivity index (χ1) is 21.3. The fourth-order valence-electron chi connectivity index (χ4n) is 6.03.